The number of nitrogens with zero attached hydrogens (tertiary/aromatic N) is 1. The van der Waals surface area contributed by atoms with Crippen molar-refractivity contribution in [2.75, 3.05) is 0 Å². The molecule has 1 aromatic rings. The molecule has 1 rings (SSSR count). The minimum absolute atomic E-state index is 0.00440. The van der Waals surface area contributed by atoms with Gasteiger partial charge in [-0.3, -0.25) is 4.79 Å². The summed E-state index contributed by atoms with van der Waals surface area (Å²) < 4.78 is 1.75. The Bertz CT molecular complexity index is 423. The van der Waals surface area contributed by atoms with Gasteiger partial charge in [0.15, 0.2) is 5.78 Å². The van der Waals surface area contributed by atoms with Gasteiger partial charge in [-0.05, 0) is 44.0 Å². The number of Topliss-reactive ketones (excluding diaryl/α,β-unsaturated/α-hetero) is 1. The molecular formula is C11H9Br2NO. The molecular weight excluding hydrogens is 322 g/mol. The van der Waals surface area contributed by atoms with E-state index in [0.29, 0.717) is 5.56 Å². The van der Waals surface area contributed by atoms with Crippen LogP contribution < -0.4 is 0 Å². The first-order chi connectivity index (χ1) is 7.06. The fourth-order valence-corrected chi connectivity index (χ4v) is 1.79. The van der Waals surface area contributed by atoms with Crippen LogP contribution in [0.25, 0.3) is 0 Å². The highest BCUT2D eigenvalue weighted by atomic mass is 79.9. The summed E-state index contributed by atoms with van der Waals surface area (Å²) in [5.74, 6) is -0.243. The molecule has 1 atom stereocenters. The van der Waals surface area contributed by atoms with Gasteiger partial charge in [0.05, 0.1) is 6.07 Å². The Balaban J connectivity index is 2.93. The Kier molecular flexibility index (Phi) is 4.49. The first-order valence-corrected chi connectivity index (χ1v) is 6.01. The number of carbonyl (C=O) groups is 1. The van der Waals surface area contributed by atoms with Crippen LogP contribution >= 0.6 is 31.9 Å². The SMILES string of the molecule is CC(CC#N)C(=O)c1ccc(Br)c(Br)c1. The highest BCUT2D eigenvalue weighted by molar-refractivity contribution is 9.13. The number of carbonyl (C=O) groups excluding carboxylic acids is 1. The first kappa shape index (κ1) is 12.4. The normalized spacial score (nSPS) is 11.9. The molecule has 0 aliphatic carbocycles. The minimum atomic E-state index is -0.247. The van der Waals surface area contributed by atoms with Gasteiger partial charge in [0, 0.05) is 26.8 Å². The van der Waals surface area contributed by atoms with Crippen LogP contribution in [0.3, 0.4) is 0 Å². The molecule has 78 valence electrons. The lowest BCUT2D eigenvalue weighted by Crippen LogP contribution is -2.10. The second-order valence-corrected chi connectivity index (χ2v) is 4.97. The maximum absolute atomic E-state index is 11.8. The molecule has 4 heteroatoms. The Morgan fingerprint density at radius 3 is 2.67 bits per heavy atom. The number of hydrogen-bond donors (Lipinski definition) is 0. The van der Waals surface area contributed by atoms with E-state index >= 15 is 0 Å². The molecule has 0 heterocycles. The van der Waals surface area contributed by atoms with Crippen LogP contribution in [0.4, 0.5) is 0 Å². The molecule has 15 heavy (non-hydrogen) atoms. The number of ketones is 1. The van der Waals surface area contributed by atoms with Crippen LogP contribution in [0.5, 0.6) is 0 Å². The summed E-state index contributed by atoms with van der Waals surface area (Å²) in [5.41, 5.74) is 0.632. The smallest absolute Gasteiger partial charge is 0.166 e. The summed E-state index contributed by atoms with van der Waals surface area (Å²) in [6.45, 7) is 1.77. The second kappa shape index (κ2) is 5.43. The van der Waals surface area contributed by atoms with E-state index in [0.717, 1.165) is 8.95 Å². The van der Waals surface area contributed by atoms with Crippen molar-refractivity contribution in [2.45, 2.75) is 13.3 Å². The minimum Gasteiger partial charge on any atom is -0.294 e. The van der Waals surface area contributed by atoms with Crippen LogP contribution in [0.1, 0.15) is 23.7 Å². The highest BCUT2D eigenvalue weighted by Crippen LogP contribution is 2.25. The van der Waals surface area contributed by atoms with E-state index in [1.165, 1.54) is 0 Å². The van der Waals surface area contributed by atoms with Crippen molar-refractivity contribution >= 4 is 37.6 Å². The van der Waals surface area contributed by atoms with Crippen LogP contribution in [-0.2, 0) is 0 Å². The molecule has 0 aliphatic heterocycles. The largest absolute Gasteiger partial charge is 0.294 e. The maximum atomic E-state index is 11.8. The molecule has 0 spiro atoms. The molecule has 0 saturated carbocycles. The lowest BCUT2D eigenvalue weighted by molar-refractivity contribution is 0.0932. The zero-order chi connectivity index (χ0) is 11.4. The molecule has 0 radical (unpaired) electrons. The molecule has 2 nitrogen and oxygen atoms in total. The molecule has 1 aromatic carbocycles. The van der Waals surface area contributed by atoms with Gasteiger partial charge in [0.2, 0.25) is 0 Å². The summed E-state index contributed by atoms with van der Waals surface area (Å²) in [6, 6.07) is 7.34. The number of halogens is 2. The van der Waals surface area contributed by atoms with Crippen LogP contribution in [0.2, 0.25) is 0 Å². The van der Waals surface area contributed by atoms with Gasteiger partial charge < -0.3 is 0 Å². The van der Waals surface area contributed by atoms with Crippen molar-refractivity contribution in [3.63, 3.8) is 0 Å². The molecule has 0 fully saturated rings. The zero-order valence-electron chi connectivity index (χ0n) is 8.13. The lowest BCUT2D eigenvalue weighted by atomic mass is 9.97. The summed E-state index contributed by atoms with van der Waals surface area (Å²) in [5, 5.41) is 8.51. The monoisotopic (exact) mass is 329 g/mol. The topological polar surface area (TPSA) is 40.9 Å². The van der Waals surface area contributed by atoms with Gasteiger partial charge >= 0.3 is 0 Å². The van der Waals surface area contributed by atoms with E-state index in [2.05, 4.69) is 31.9 Å². The number of nitriles is 1. The van der Waals surface area contributed by atoms with Gasteiger partial charge in [-0.15, -0.1) is 0 Å². The fraction of sp³-hybridized carbons (Fsp3) is 0.273. The summed E-state index contributed by atoms with van der Waals surface area (Å²) in [7, 11) is 0. The third-order valence-corrected chi connectivity index (χ3v) is 3.93. The standard InChI is InChI=1S/C11H9Br2NO/c1-7(4-5-14)11(15)8-2-3-9(12)10(13)6-8/h2-3,6-7H,4H2,1H3. The summed E-state index contributed by atoms with van der Waals surface area (Å²) in [6.07, 6.45) is 0.256. The molecule has 0 N–H and O–H groups in total. The van der Waals surface area contributed by atoms with E-state index in [-0.39, 0.29) is 18.1 Å². The van der Waals surface area contributed by atoms with Crippen molar-refractivity contribution in [3.8, 4) is 6.07 Å². The number of benzene rings is 1. The van der Waals surface area contributed by atoms with Crippen molar-refractivity contribution in [2.24, 2.45) is 5.92 Å². The Morgan fingerprint density at radius 2 is 2.13 bits per heavy atom. The Morgan fingerprint density at radius 1 is 1.47 bits per heavy atom. The van der Waals surface area contributed by atoms with Gasteiger partial charge in [0.1, 0.15) is 0 Å². The third-order valence-electron chi connectivity index (χ3n) is 2.05. The van der Waals surface area contributed by atoms with Crippen LogP contribution in [0, 0.1) is 17.2 Å². The van der Waals surface area contributed by atoms with Crippen LogP contribution in [-0.4, -0.2) is 5.78 Å². The van der Waals surface area contributed by atoms with E-state index < -0.39 is 0 Å². The molecule has 0 aromatic heterocycles. The fourth-order valence-electron chi connectivity index (χ4n) is 1.16. The average molecular weight is 331 g/mol. The van der Waals surface area contributed by atoms with Crippen molar-refractivity contribution in [3.05, 3.63) is 32.7 Å². The lowest BCUT2D eigenvalue weighted by Gasteiger charge is -2.07. The summed E-state index contributed by atoms with van der Waals surface area (Å²) >= 11 is 6.67. The van der Waals surface area contributed by atoms with Crippen molar-refractivity contribution in [1.82, 2.24) is 0 Å². The molecule has 0 saturated heterocycles. The summed E-state index contributed by atoms with van der Waals surface area (Å²) in [4.78, 5) is 11.8. The van der Waals surface area contributed by atoms with E-state index in [4.69, 9.17) is 5.26 Å². The maximum Gasteiger partial charge on any atom is 0.166 e. The zero-order valence-corrected chi connectivity index (χ0v) is 11.3. The van der Waals surface area contributed by atoms with E-state index in [1.807, 2.05) is 12.1 Å². The molecule has 0 amide bonds. The third kappa shape index (κ3) is 3.15. The molecule has 1 unspecified atom stereocenters. The predicted octanol–water partition coefficient (Wildman–Crippen LogP) is 3.94. The molecule has 0 aliphatic rings. The Labute approximate surface area is 106 Å². The predicted molar refractivity (Wildman–Crippen MR) is 65.6 cm³/mol. The van der Waals surface area contributed by atoms with Gasteiger partial charge in [-0.1, -0.05) is 13.0 Å². The van der Waals surface area contributed by atoms with E-state index in [9.17, 15) is 4.79 Å². The van der Waals surface area contributed by atoms with Crippen molar-refractivity contribution < 1.29 is 4.79 Å². The van der Waals surface area contributed by atoms with Gasteiger partial charge in [-0.25, -0.2) is 0 Å². The highest BCUT2D eigenvalue weighted by Gasteiger charge is 2.15. The van der Waals surface area contributed by atoms with Crippen LogP contribution in [0.15, 0.2) is 27.1 Å². The average Bonchev–Trinajstić information content (AvgIpc) is 2.21. The van der Waals surface area contributed by atoms with E-state index in [1.54, 1.807) is 19.1 Å². The quantitative estimate of drug-likeness (QED) is 0.787. The molecule has 0 bridgehead atoms. The first-order valence-electron chi connectivity index (χ1n) is 4.42. The van der Waals surface area contributed by atoms with Gasteiger partial charge in [-0.2, -0.15) is 5.26 Å². The van der Waals surface area contributed by atoms with Crippen molar-refractivity contribution in [1.29, 1.82) is 5.26 Å². The van der Waals surface area contributed by atoms with Gasteiger partial charge in [0.25, 0.3) is 0 Å². The second-order valence-electron chi connectivity index (χ2n) is 3.26. The number of rotatable bonds is 3. The number of hydrogen-bond acceptors (Lipinski definition) is 2. The Hall–Kier alpha value is -0.660.